The topological polar surface area (TPSA) is 129 Å². The molecule has 1 fully saturated rings. The molecule has 0 amide bonds. The molecule has 3 rings (SSSR count). The van der Waals surface area contributed by atoms with E-state index in [0.29, 0.717) is 17.8 Å². The maximum atomic E-state index is 10.3. The number of aliphatic hydroxyl groups is 2. The van der Waals surface area contributed by atoms with Crippen LogP contribution in [0.25, 0.3) is 11.2 Å². The van der Waals surface area contributed by atoms with Gasteiger partial charge in [-0.3, -0.25) is 4.57 Å². The van der Waals surface area contributed by atoms with Crippen LogP contribution >= 0.6 is 0 Å². The Bertz CT molecular complexity index is 704. The van der Waals surface area contributed by atoms with Crippen molar-refractivity contribution < 1.29 is 19.7 Å². The number of imidazole rings is 1. The fourth-order valence-corrected chi connectivity index (χ4v) is 2.50. The summed E-state index contributed by atoms with van der Waals surface area (Å²) in [7, 11) is 0. The number of rotatable bonds is 5. The lowest BCUT2D eigenvalue weighted by atomic mass is 10.1. The van der Waals surface area contributed by atoms with Crippen LogP contribution in [-0.4, -0.2) is 61.3 Å². The molecule has 9 heteroatoms. The van der Waals surface area contributed by atoms with E-state index < -0.39 is 24.5 Å². The fraction of sp³-hybridized carbons (Fsp3) is 0.500. The zero-order valence-corrected chi connectivity index (χ0v) is 12.6. The van der Waals surface area contributed by atoms with E-state index in [2.05, 4.69) is 15.0 Å². The van der Waals surface area contributed by atoms with Crippen LogP contribution in [-0.2, 0) is 9.47 Å². The first-order valence-corrected chi connectivity index (χ1v) is 7.27. The second-order valence-electron chi connectivity index (χ2n) is 5.24. The van der Waals surface area contributed by atoms with E-state index in [1.165, 1.54) is 17.2 Å². The lowest BCUT2D eigenvalue weighted by Gasteiger charge is -2.16. The van der Waals surface area contributed by atoms with Crippen LogP contribution < -0.4 is 5.73 Å². The predicted octanol–water partition coefficient (Wildman–Crippen LogP) is -0.380. The van der Waals surface area contributed by atoms with Gasteiger partial charge in [-0.25, -0.2) is 15.0 Å². The molecule has 1 saturated heterocycles. The van der Waals surface area contributed by atoms with Crippen LogP contribution in [0.15, 0.2) is 24.8 Å². The summed E-state index contributed by atoms with van der Waals surface area (Å²) in [5.74, 6) is 0.244. The number of aromatic nitrogens is 4. The number of allylic oxidation sites excluding steroid dienone is 1. The number of nitrogen functional groups attached to an aromatic ring is 1. The van der Waals surface area contributed by atoms with Gasteiger partial charge < -0.3 is 25.4 Å². The van der Waals surface area contributed by atoms with E-state index in [-0.39, 0.29) is 12.4 Å². The molecule has 0 saturated carbocycles. The van der Waals surface area contributed by atoms with Crippen molar-refractivity contribution >= 4 is 17.0 Å². The Morgan fingerprint density at radius 2 is 2.17 bits per heavy atom. The molecular formula is C14H19N5O4. The Labute approximate surface area is 132 Å². The smallest absolute Gasteiger partial charge is 0.167 e. The van der Waals surface area contributed by atoms with Crippen LogP contribution in [0.4, 0.5) is 5.82 Å². The zero-order valence-electron chi connectivity index (χ0n) is 12.6. The van der Waals surface area contributed by atoms with Gasteiger partial charge in [0.05, 0.1) is 19.5 Å². The molecule has 2 aromatic rings. The van der Waals surface area contributed by atoms with Crippen LogP contribution in [0.1, 0.15) is 13.2 Å². The van der Waals surface area contributed by atoms with E-state index in [4.69, 9.17) is 15.2 Å². The molecule has 2 aromatic heterocycles. The fourth-order valence-electron chi connectivity index (χ4n) is 2.50. The SMILES string of the molecule is CC=CCOC[C@H]1O[C@@H](n2cnc3c(N)ncnc32)[C@H](O)[C@@H]1O. The van der Waals surface area contributed by atoms with Gasteiger partial charge in [0, 0.05) is 0 Å². The summed E-state index contributed by atoms with van der Waals surface area (Å²) in [6.45, 7) is 2.48. The zero-order chi connectivity index (χ0) is 16.4. The summed E-state index contributed by atoms with van der Waals surface area (Å²) in [6, 6.07) is 0. The van der Waals surface area contributed by atoms with E-state index in [1.807, 2.05) is 19.1 Å². The monoisotopic (exact) mass is 321 g/mol. The van der Waals surface area contributed by atoms with Crippen molar-refractivity contribution in [2.45, 2.75) is 31.5 Å². The number of nitrogens with two attached hydrogens (primary N) is 1. The van der Waals surface area contributed by atoms with Gasteiger partial charge >= 0.3 is 0 Å². The summed E-state index contributed by atoms with van der Waals surface area (Å²) in [4.78, 5) is 12.1. The maximum Gasteiger partial charge on any atom is 0.167 e. The largest absolute Gasteiger partial charge is 0.387 e. The molecule has 0 radical (unpaired) electrons. The minimum Gasteiger partial charge on any atom is -0.387 e. The van der Waals surface area contributed by atoms with Crippen LogP contribution in [0.2, 0.25) is 0 Å². The molecule has 124 valence electrons. The lowest BCUT2D eigenvalue weighted by molar-refractivity contribution is -0.0620. The molecule has 9 nitrogen and oxygen atoms in total. The van der Waals surface area contributed by atoms with E-state index in [9.17, 15) is 10.2 Å². The first kappa shape index (κ1) is 15.8. The van der Waals surface area contributed by atoms with E-state index in [0.717, 1.165) is 0 Å². The van der Waals surface area contributed by atoms with Gasteiger partial charge in [0.1, 0.15) is 30.2 Å². The first-order chi connectivity index (χ1) is 11.1. The van der Waals surface area contributed by atoms with Gasteiger partial charge in [0.2, 0.25) is 0 Å². The molecule has 0 bridgehead atoms. The standard InChI is InChI=1S/C14H19N5O4/c1-2-3-4-22-5-8-10(20)11(21)14(23-8)19-7-18-9-12(15)16-6-17-13(9)19/h2-3,6-8,10-11,14,20-21H,4-5H2,1H3,(H2,15,16,17)/t8-,10-,11-,14-/m1/s1. The molecule has 4 N–H and O–H groups in total. The summed E-state index contributed by atoms with van der Waals surface area (Å²) < 4.78 is 12.7. The van der Waals surface area contributed by atoms with Crippen molar-refractivity contribution in [2.75, 3.05) is 18.9 Å². The van der Waals surface area contributed by atoms with Crippen molar-refractivity contribution in [3.63, 3.8) is 0 Å². The second-order valence-corrected chi connectivity index (χ2v) is 5.24. The summed E-state index contributed by atoms with van der Waals surface area (Å²) >= 11 is 0. The summed E-state index contributed by atoms with van der Waals surface area (Å²) in [5.41, 5.74) is 6.60. The van der Waals surface area contributed by atoms with Gasteiger partial charge in [0.25, 0.3) is 0 Å². The normalized spacial score (nSPS) is 28.1. The maximum absolute atomic E-state index is 10.3. The van der Waals surface area contributed by atoms with Gasteiger partial charge in [-0.15, -0.1) is 0 Å². The molecule has 4 atom stereocenters. The van der Waals surface area contributed by atoms with Crippen molar-refractivity contribution in [1.82, 2.24) is 19.5 Å². The minimum atomic E-state index is -1.13. The lowest BCUT2D eigenvalue weighted by Crippen LogP contribution is -2.33. The quantitative estimate of drug-likeness (QED) is 0.502. The number of nitrogens with zero attached hydrogens (tertiary/aromatic N) is 4. The van der Waals surface area contributed by atoms with Crippen molar-refractivity contribution in [1.29, 1.82) is 0 Å². The molecule has 0 aliphatic carbocycles. The highest BCUT2D eigenvalue weighted by Gasteiger charge is 2.44. The van der Waals surface area contributed by atoms with Gasteiger partial charge in [0.15, 0.2) is 17.7 Å². The average Bonchev–Trinajstić information content (AvgIpc) is 3.09. The molecule has 0 unspecified atom stereocenters. The van der Waals surface area contributed by atoms with Gasteiger partial charge in [-0.05, 0) is 6.92 Å². The second kappa shape index (κ2) is 6.59. The average molecular weight is 321 g/mol. The number of fused-ring (bicyclic) bond motifs is 1. The highest BCUT2D eigenvalue weighted by atomic mass is 16.6. The molecule has 1 aliphatic heterocycles. The van der Waals surface area contributed by atoms with Crippen LogP contribution in [0, 0.1) is 0 Å². The number of anilines is 1. The third-order valence-corrected chi connectivity index (χ3v) is 3.73. The third-order valence-electron chi connectivity index (χ3n) is 3.73. The first-order valence-electron chi connectivity index (χ1n) is 7.27. The molecule has 23 heavy (non-hydrogen) atoms. The Morgan fingerprint density at radius 1 is 1.35 bits per heavy atom. The summed E-state index contributed by atoms with van der Waals surface area (Å²) in [6.07, 6.45) is 2.83. The third kappa shape index (κ3) is 2.91. The van der Waals surface area contributed by atoms with Crippen LogP contribution in [0.5, 0.6) is 0 Å². The highest BCUT2D eigenvalue weighted by molar-refractivity contribution is 5.81. The van der Waals surface area contributed by atoms with Crippen LogP contribution in [0.3, 0.4) is 0 Å². The number of hydrogen-bond acceptors (Lipinski definition) is 8. The van der Waals surface area contributed by atoms with E-state index in [1.54, 1.807) is 0 Å². The molecule has 1 aliphatic rings. The molecule has 0 aromatic carbocycles. The predicted molar refractivity (Wildman–Crippen MR) is 81.3 cm³/mol. The Hall–Kier alpha value is -2.07. The minimum absolute atomic E-state index is 0.169. The number of hydrogen-bond donors (Lipinski definition) is 3. The molecule has 3 heterocycles. The Morgan fingerprint density at radius 3 is 2.96 bits per heavy atom. The molecular weight excluding hydrogens is 302 g/mol. The summed E-state index contributed by atoms with van der Waals surface area (Å²) in [5, 5.41) is 20.4. The van der Waals surface area contributed by atoms with Crippen molar-refractivity contribution in [3.05, 3.63) is 24.8 Å². The number of ether oxygens (including phenoxy) is 2. The Balaban J connectivity index is 1.78. The Kier molecular flexibility index (Phi) is 4.53. The van der Waals surface area contributed by atoms with Gasteiger partial charge in [-0.1, -0.05) is 12.2 Å². The van der Waals surface area contributed by atoms with Gasteiger partial charge in [-0.2, -0.15) is 0 Å². The van der Waals surface area contributed by atoms with Crippen molar-refractivity contribution in [2.24, 2.45) is 0 Å². The molecule has 0 spiro atoms. The highest BCUT2D eigenvalue weighted by Crippen LogP contribution is 2.32. The number of aliphatic hydroxyl groups excluding tert-OH is 2. The van der Waals surface area contributed by atoms with E-state index >= 15 is 0 Å². The van der Waals surface area contributed by atoms with Crippen molar-refractivity contribution in [3.8, 4) is 0 Å².